The molecule has 6 heteroatoms. The van der Waals surface area contributed by atoms with Gasteiger partial charge in [-0.3, -0.25) is 0 Å². The van der Waals surface area contributed by atoms with E-state index in [0.717, 1.165) is 33.0 Å². The van der Waals surface area contributed by atoms with Gasteiger partial charge in [-0.25, -0.2) is 0 Å². The summed E-state index contributed by atoms with van der Waals surface area (Å²) >= 11 is 1.60. The first kappa shape index (κ1) is 18.3. The Hall–Kier alpha value is -3.12. The standard InChI is InChI=1S/C22H20N4OS/c1-2-27-21-13-12-18-10-6-7-11-19(18)20(21)14-24-26-16-23-25-22(26)28-15-17-8-4-3-5-9-17/h3-14,16H,2,15H2,1H3/b24-14-. The number of thioether (sulfide) groups is 1. The molecular weight excluding hydrogens is 368 g/mol. The molecule has 1 aromatic heterocycles. The molecule has 0 amide bonds. The van der Waals surface area contributed by atoms with Gasteiger partial charge in [-0.15, -0.1) is 10.2 Å². The molecule has 1 heterocycles. The zero-order chi connectivity index (χ0) is 19.2. The molecule has 0 atom stereocenters. The molecule has 0 saturated carbocycles. The average molecular weight is 388 g/mol. The third kappa shape index (κ3) is 4.07. The molecule has 0 saturated heterocycles. The second-order valence-corrected chi connectivity index (χ2v) is 7.05. The lowest BCUT2D eigenvalue weighted by molar-refractivity contribution is 0.340. The van der Waals surface area contributed by atoms with E-state index in [1.807, 2.05) is 49.5 Å². The lowest BCUT2D eigenvalue weighted by Crippen LogP contribution is -1.99. The molecule has 0 N–H and O–H groups in total. The Morgan fingerprint density at radius 3 is 2.71 bits per heavy atom. The van der Waals surface area contributed by atoms with Crippen molar-refractivity contribution in [3.8, 4) is 5.75 Å². The minimum absolute atomic E-state index is 0.601. The first-order valence-corrected chi connectivity index (χ1v) is 10.1. The number of benzene rings is 3. The number of rotatable bonds is 7. The Morgan fingerprint density at radius 2 is 1.86 bits per heavy atom. The Morgan fingerprint density at radius 1 is 1.04 bits per heavy atom. The van der Waals surface area contributed by atoms with Crippen LogP contribution in [-0.4, -0.2) is 27.7 Å². The topological polar surface area (TPSA) is 52.3 Å². The largest absolute Gasteiger partial charge is 0.493 e. The van der Waals surface area contributed by atoms with Crippen molar-refractivity contribution in [1.29, 1.82) is 0 Å². The first-order chi connectivity index (χ1) is 13.8. The number of fused-ring (bicyclic) bond motifs is 1. The molecular formula is C22H20N4OS. The van der Waals surface area contributed by atoms with E-state index in [1.165, 1.54) is 5.56 Å². The summed E-state index contributed by atoms with van der Waals surface area (Å²) in [6.45, 7) is 2.58. The monoisotopic (exact) mass is 388 g/mol. The van der Waals surface area contributed by atoms with Crippen LogP contribution in [0.4, 0.5) is 0 Å². The van der Waals surface area contributed by atoms with E-state index in [0.29, 0.717) is 6.61 Å². The Bertz CT molecular complexity index is 1090. The van der Waals surface area contributed by atoms with Gasteiger partial charge >= 0.3 is 0 Å². The van der Waals surface area contributed by atoms with Crippen molar-refractivity contribution in [1.82, 2.24) is 14.9 Å². The van der Waals surface area contributed by atoms with E-state index in [1.54, 1.807) is 22.8 Å². The van der Waals surface area contributed by atoms with Crippen LogP contribution < -0.4 is 4.74 Å². The molecule has 0 fully saturated rings. The number of hydrogen-bond donors (Lipinski definition) is 0. The van der Waals surface area contributed by atoms with Crippen molar-refractivity contribution in [3.05, 3.63) is 84.2 Å². The molecule has 0 aliphatic heterocycles. The molecule has 5 nitrogen and oxygen atoms in total. The molecule has 140 valence electrons. The molecule has 0 radical (unpaired) electrons. The summed E-state index contributed by atoms with van der Waals surface area (Å²) in [7, 11) is 0. The summed E-state index contributed by atoms with van der Waals surface area (Å²) in [5.41, 5.74) is 2.19. The van der Waals surface area contributed by atoms with Gasteiger partial charge in [0.05, 0.1) is 12.8 Å². The van der Waals surface area contributed by atoms with Gasteiger partial charge in [-0.2, -0.15) is 9.78 Å². The fraction of sp³-hybridized carbons (Fsp3) is 0.136. The molecule has 3 aromatic carbocycles. The Kier molecular flexibility index (Phi) is 5.68. The van der Waals surface area contributed by atoms with Gasteiger partial charge in [0.15, 0.2) is 0 Å². The molecule has 4 aromatic rings. The summed E-state index contributed by atoms with van der Waals surface area (Å²) in [5.74, 6) is 1.63. The van der Waals surface area contributed by atoms with Crippen molar-refractivity contribution in [3.63, 3.8) is 0 Å². The van der Waals surface area contributed by atoms with Crippen LogP contribution in [0.5, 0.6) is 5.75 Å². The van der Waals surface area contributed by atoms with Gasteiger partial charge in [0.2, 0.25) is 5.16 Å². The van der Waals surface area contributed by atoms with Gasteiger partial charge in [-0.1, -0.05) is 72.4 Å². The van der Waals surface area contributed by atoms with Gasteiger partial charge in [-0.05, 0) is 29.3 Å². The summed E-state index contributed by atoms with van der Waals surface area (Å²) < 4.78 is 7.51. The zero-order valence-electron chi connectivity index (χ0n) is 15.5. The van der Waals surface area contributed by atoms with Crippen molar-refractivity contribution in [2.45, 2.75) is 17.8 Å². The smallest absolute Gasteiger partial charge is 0.212 e. The van der Waals surface area contributed by atoms with Crippen molar-refractivity contribution >= 4 is 28.7 Å². The van der Waals surface area contributed by atoms with Crippen molar-refractivity contribution < 1.29 is 4.74 Å². The highest BCUT2D eigenvalue weighted by Gasteiger charge is 2.08. The second kappa shape index (κ2) is 8.71. The highest BCUT2D eigenvalue weighted by atomic mass is 32.2. The number of ether oxygens (including phenoxy) is 1. The van der Waals surface area contributed by atoms with Gasteiger partial charge < -0.3 is 4.74 Å². The van der Waals surface area contributed by atoms with E-state index in [-0.39, 0.29) is 0 Å². The van der Waals surface area contributed by atoms with E-state index in [2.05, 4.69) is 45.6 Å². The Labute approximate surface area is 168 Å². The number of aromatic nitrogens is 3. The molecule has 0 spiro atoms. The third-order valence-corrected chi connectivity index (χ3v) is 5.26. The van der Waals surface area contributed by atoms with Crippen LogP contribution >= 0.6 is 11.8 Å². The maximum absolute atomic E-state index is 5.81. The van der Waals surface area contributed by atoms with Gasteiger partial charge in [0.1, 0.15) is 12.1 Å². The van der Waals surface area contributed by atoms with Crippen LogP contribution in [0.2, 0.25) is 0 Å². The minimum Gasteiger partial charge on any atom is -0.493 e. The molecule has 0 aliphatic rings. The highest BCUT2D eigenvalue weighted by molar-refractivity contribution is 7.98. The minimum atomic E-state index is 0.601. The fourth-order valence-corrected chi connectivity index (χ4v) is 3.75. The lowest BCUT2D eigenvalue weighted by atomic mass is 10.0. The van der Waals surface area contributed by atoms with E-state index >= 15 is 0 Å². The summed E-state index contributed by atoms with van der Waals surface area (Å²) in [5, 5.41) is 15.8. The number of hydrogen-bond acceptors (Lipinski definition) is 5. The zero-order valence-corrected chi connectivity index (χ0v) is 16.3. The average Bonchev–Trinajstić information content (AvgIpc) is 3.19. The highest BCUT2D eigenvalue weighted by Crippen LogP contribution is 2.27. The normalized spacial score (nSPS) is 11.3. The van der Waals surface area contributed by atoms with Crippen LogP contribution in [0.25, 0.3) is 10.8 Å². The summed E-state index contributed by atoms with van der Waals surface area (Å²) in [4.78, 5) is 0. The quantitative estimate of drug-likeness (QED) is 0.330. The fourth-order valence-electron chi connectivity index (χ4n) is 2.93. The lowest BCUT2D eigenvalue weighted by Gasteiger charge is -2.10. The second-order valence-electron chi connectivity index (χ2n) is 6.11. The van der Waals surface area contributed by atoms with E-state index in [9.17, 15) is 0 Å². The van der Waals surface area contributed by atoms with Crippen molar-refractivity contribution in [2.75, 3.05) is 6.61 Å². The maximum atomic E-state index is 5.81. The van der Waals surface area contributed by atoms with Crippen LogP contribution in [0, 0.1) is 0 Å². The molecule has 28 heavy (non-hydrogen) atoms. The van der Waals surface area contributed by atoms with Crippen LogP contribution in [0.1, 0.15) is 18.1 Å². The van der Waals surface area contributed by atoms with Crippen molar-refractivity contribution in [2.24, 2.45) is 5.10 Å². The maximum Gasteiger partial charge on any atom is 0.212 e. The first-order valence-electron chi connectivity index (χ1n) is 9.11. The Balaban J connectivity index is 1.61. The van der Waals surface area contributed by atoms with Gasteiger partial charge in [0.25, 0.3) is 0 Å². The van der Waals surface area contributed by atoms with Crippen LogP contribution in [0.15, 0.2) is 83.3 Å². The molecule has 0 unspecified atom stereocenters. The molecule has 4 rings (SSSR count). The SMILES string of the molecule is CCOc1ccc2ccccc2c1/C=N\n1cnnc1SCc1ccccc1. The molecule has 0 bridgehead atoms. The summed E-state index contributed by atoms with van der Waals surface area (Å²) in [6.07, 6.45) is 3.44. The molecule has 0 aliphatic carbocycles. The summed E-state index contributed by atoms with van der Waals surface area (Å²) in [6, 6.07) is 22.6. The number of nitrogens with zero attached hydrogens (tertiary/aromatic N) is 4. The third-order valence-electron chi connectivity index (χ3n) is 4.25. The predicted octanol–water partition coefficient (Wildman–Crippen LogP) is 5.00. The van der Waals surface area contributed by atoms with E-state index in [4.69, 9.17) is 4.74 Å². The van der Waals surface area contributed by atoms with Crippen LogP contribution in [0.3, 0.4) is 0 Å². The van der Waals surface area contributed by atoms with E-state index < -0.39 is 0 Å². The predicted molar refractivity (Wildman–Crippen MR) is 114 cm³/mol. The van der Waals surface area contributed by atoms with Gasteiger partial charge in [0, 0.05) is 11.3 Å². The van der Waals surface area contributed by atoms with Crippen LogP contribution in [-0.2, 0) is 5.75 Å².